The molecular weight excluding hydrogens is 347 g/mol. The third kappa shape index (κ3) is 2.27. The molecule has 0 heterocycles. The number of carbonyl (C=O) groups is 2. The number of ketones is 2. The van der Waals surface area contributed by atoms with Gasteiger partial charge in [0.1, 0.15) is 12.3 Å². The fourth-order valence-corrected chi connectivity index (χ4v) is 7.72. The van der Waals surface area contributed by atoms with Gasteiger partial charge in [0.2, 0.25) is 0 Å². The normalized spacial score (nSPS) is 51.9. The van der Waals surface area contributed by atoms with Gasteiger partial charge in [0.25, 0.3) is 0 Å². The zero-order valence-electron chi connectivity index (χ0n) is 16.5. The SMILES string of the molecule is C[C@H]1C[C@@H]2[C@@H]3CCC4=CC(=O)CC[C@]4(C)[C@]3(F)[C@@H](O)C[C@]2(C)[C@H]1C(=O)CO. The summed E-state index contributed by atoms with van der Waals surface area (Å²) in [5.74, 6) is -0.686. The van der Waals surface area contributed by atoms with E-state index in [1.165, 1.54) is 0 Å². The lowest BCUT2D eigenvalue weighted by Gasteiger charge is -2.62. The Balaban J connectivity index is 1.79. The van der Waals surface area contributed by atoms with E-state index in [9.17, 15) is 19.8 Å². The van der Waals surface area contributed by atoms with Crippen LogP contribution in [0.2, 0.25) is 0 Å². The number of rotatable bonds is 2. The third-order valence-corrected chi connectivity index (χ3v) is 8.88. The van der Waals surface area contributed by atoms with E-state index in [1.54, 1.807) is 6.08 Å². The van der Waals surface area contributed by atoms with Crippen molar-refractivity contribution >= 4 is 11.6 Å². The van der Waals surface area contributed by atoms with Crippen LogP contribution in [0, 0.1) is 34.5 Å². The van der Waals surface area contributed by atoms with Gasteiger partial charge in [0.05, 0.1) is 6.10 Å². The van der Waals surface area contributed by atoms with Crippen LogP contribution in [0.4, 0.5) is 4.39 Å². The molecular formula is C22H31FO4. The van der Waals surface area contributed by atoms with Crippen molar-refractivity contribution < 1.29 is 24.2 Å². The number of aliphatic hydroxyl groups is 2. The lowest BCUT2D eigenvalue weighted by atomic mass is 9.44. The summed E-state index contributed by atoms with van der Waals surface area (Å²) >= 11 is 0. The van der Waals surface area contributed by atoms with Gasteiger partial charge in [0.15, 0.2) is 11.6 Å². The van der Waals surface area contributed by atoms with Gasteiger partial charge in [-0.2, -0.15) is 0 Å². The molecule has 4 nitrogen and oxygen atoms in total. The van der Waals surface area contributed by atoms with Crippen molar-refractivity contribution in [1.29, 1.82) is 0 Å². The van der Waals surface area contributed by atoms with Gasteiger partial charge in [-0.3, -0.25) is 9.59 Å². The number of hydrogen-bond donors (Lipinski definition) is 2. The largest absolute Gasteiger partial charge is 0.390 e. The van der Waals surface area contributed by atoms with Crippen molar-refractivity contribution in [1.82, 2.24) is 0 Å². The minimum atomic E-state index is -1.77. The van der Waals surface area contributed by atoms with E-state index in [0.29, 0.717) is 25.7 Å². The van der Waals surface area contributed by atoms with E-state index in [4.69, 9.17) is 0 Å². The van der Waals surface area contributed by atoms with Crippen LogP contribution in [0.1, 0.15) is 59.3 Å². The molecule has 0 saturated heterocycles. The maximum atomic E-state index is 16.9. The summed E-state index contributed by atoms with van der Waals surface area (Å²) in [6.45, 7) is 5.42. The highest BCUT2D eigenvalue weighted by Crippen LogP contribution is 2.70. The number of hydrogen-bond acceptors (Lipinski definition) is 4. The molecule has 0 radical (unpaired) electrons. The van der Waals surface area contributed by atoms with Crippen LogP contribution in [-0.2, 0) is 9.59 Å². The molecule has 0 spiro atoms. The first-order valence-electron chi connectivity index (χ1n) is 10.3. The van der Waals surface area contributed by atoms with Crippen molar-refractivity contribution in [3.63, 3.8) is 0 Å². The number of halogens is 1. The molecule has 0 aromatic rings. The highest BCUT2D eigenvalue weighted by Gasteiger charge is 2.71. The molecule has 150 valence electrons. The van der Waals surface area contributed by atoms with Gasteiger partial charge >= 0.3 is 0 Å². The summed E-state index contributed by atoms with van der Waals surface area (Å²) in [6.07, 6.45) is 3.52. The Morgan fingerprint density at radius 2 is 2.00 bits per heavy atom. The van der Waals surface area contributed by atoms with Crippen LogP contribution in [0.3, 0.4) is 0 Å². The number of fused-ring (bicyclic) bond motifs is 5. The molecule has 3 fully saturated rings. The number of alkyl halides is 1. The molecule has 27 heavy (non-hydrogen) atoms. The molecule has 4 rings (SSSR count). The maximum absolute atomic E-state index is 16.9. The Bertz CT molecular complexity index is 717. The molecule has 0 aliphatic heterocycles. The molecule has 8 atom stereocenters. The molecule has 3 saturated carbocycles. The fourth-order valence-electron chi connectivity index (χ4n) is 7.72. The zero-order valence-corrected chi connectivity index (χ0v) is 16.5. The average molecular weight is 378 g/mol. The van der Waals surface area contributed by atoms with E-state index in [2.05, 4.69) is 0 Å². The van der Waals surface area contributed by atoms with Crippen molar-refractivity contribution in [2.75, 3.05) is 6.61 Å². The summed E-state index contributed by atoms with van der Waals surface area (Å²) in [5, 5.41) is 20.6. The van der Waals surface area contributed by atoms with Gasteiger partial charge in [-0.05, 0) is 55.4 Å². The first-order chi connectivity index (χ1) is 12.6. The highest BCUT2D eigenvalue weighted by molar-refractivity contribution is 5.91. The summed E-state index contributed by atoms with van der Waals surface area (Å²) in [6, 6.07) is 0. The van der Waals surface area contributed by atoms with Crippen LogP contribution in [0.15, 0.2) is 11.6 Å². The minimum Gasteiger partial charge on any atom is -0.390 e. The van der Waals surface area contributed by atoms with Crippen LogP contribution in [0.25, 0.3) is 0 Å². The Kier molecular flexibility index (Phi) is 4.25. The van der Waals surface area contributed by atoms with Crippen LogP contribution in [-0.4, -0.2) is 40.2 Å². The smallest absolute Gasteiger partial charge is 0.162 e. The predicted molar refractivity (Wildman–Crippen MR) is 98.6 cm³/mol. The van der Waals surface area contributed by atoms with E-state index in [-0.39, 0.29) is 41.7 Å². The van der Waals surface area contributed by atoms with Crippen molar-refractivity contribution in [3.05, 3.63) is 11.6 Å². The van der Waals surface area contributed by atoms with Crippen molar-refractivity contribution in [3.8, 4) is 0 Å². The fraction of sp³-hybridized carbons (Fsp3) is 0.818. The Hall–Kier alpha value is -1.07. The van der Waals surface area contributed by atoms with Crippen molar-refractivity contribution in [2.45, 2.75) is 71.1 Å². The lowest BCUT2D eigenvalue weighted by Crippen LogP contribution is -2.67. The van der Waals surface area contributed by atoms with E-state index >= 15 is 4.39 Å². The van der Waals surface area contributed by atoms with E-state index in [1.807, 2.05) is 20.8 Å². The first-order valence-corrected chi connectivity index (χ1v) is 10.3. The topological polar surface area (TPSA) is 74.6 Å². The Labute approximate surface area is 160 Å². The Morgan fingerprint density at radius 1 is 1.30 bits per heavy atom. The molecule has 4 aliphatic rings. The van der Waals surface area contributed by atoms with E-state index < -0.39 is 29.2 Å². The number of allylic oxidation sites excluding steroid dienone is 1. The highest BCUT2D eigenvalue weighted by atomic mass is 19.1. The van der Waals surface area contributed by atoms with Gasteiger partial charge in [-0.25, -0.2) is 4.39 Å². The number of carbonyl (C=O) groups excluding carboxylic acids is 2. The minimum absolute atomic E-state index is 0.0115. The lowest BCUT2D eigenvalue weighted by molar-refractivity contribution is -0.208. The van der Waals surface area contributed by atoms with Gasteiger partial charge in [0, 0.05) is 23.7 Å². The number of aliphatic hydroxyl groups excluding tert-OH is 2. The second-order valence-electron chi connectivity index (χ2n) is 10.0. The van der Waals surface area contributed by atoms with Crippen molar-refractivity contribution in [2.24, 2.45) is 34.5 Å². The second kappa shape index (κ2) is 5.96. The zero-order chi connectivity index (χ0) is 19.8. The maximum Gasteiger partial charge on any atom is 0.162 e. The molecule has 2 N–H and O–H groups in total. The standard InChI is InChI=1S/C22H31FO4/c1-12-8-16-15-5-4-13-9-14(25)6-7-21(13,3)22(15,23)18(27)10-20(16,2)19(12)17(26)11-24/h9,12,15-16,18-19,24,27H,4-8,10-11H2,1-3H3/t12-,15-,16+,18-,19+,20-,21-,22+/m0/s1. The van der Waals surface area contributed by atoms with Crippen LogP contribution in [0.5, 0.6) is 0 Å². The van der Waals surface area contributed by atoms with Gasteiger partial charge in [-0.1, -0.05) is 26.3 Å². The summed E-state index contributed by atoms with van der Waals surface area (Å²) in [4.78, 5) is 24.4. The molecule has 5 heteroatoms. The van der Waals surface area contributed by atoms with Gasteiger partial charge < -0.3 is 10.2 Å². The third-order valence-electron chi connectivity index (χ3n) is 8.88. The molecule has 0 unspecified atom stereocenters. The molecule has 0 aromatic heterocycles. The van der Waals surface area contributed by atoms with Crippen LogP contribution < -0.4 is 0 Å². The summed E-state index contributed by atoms with van der Waals surface area (Å²) < 4.78 is 16.9. The Morgan fingerprint density at radius 3 is 2.67 bits per heavy atom. The quantitative estimate of drug-likeness (QED) is 0.775. The first kappa shape index (κ1) is 19.3. The van der Waals surface area contributed by atoms with Gasteiger partial charge in [-0.15, -0.1) is 0 Å². The predicted octanol–water partition coefficient (Wildman–Crippen LogP) is 3.00. The molecule has 4 aliphatic carbocycles. The number of Topliss-reactive ketones (excluding diaryl/α,β-unsaturated/α-hetero) is 1. The molecule has 0 amide bonds. The second-order valence-corrected chi connectivity index (χ2v) is 10.0. The van der Waals surface area contributed by atoms with Crippen LogP contribution >= 0.6 is 0 Å². The summed E-state index contributed by atoms with van der Waals surface area (Å²) in [7, 11) is 0. The molecule has 0 bridgehead atoms. The monoisotopic (exact) mass is 378 g/mol. The average Bonchev–Trinajstić information content (AvgIpc) is 2.86. The molecule has 0 aromatic carbocycles. The summed E-state index contributed by atoms with van der Waals surface area (Å²) in [5.41, 5.74) is -2.21. The van der Waals surface area contributed by atoms with E-state index in [0.717, 1.165) is 12.0 Å².